The number of nitrogen functional groups attached to an aromatic ring is 1. The lowest BCUT2D eigenvalue weighted by atomic mass is 10.2. The first-order chi connectivity index (χ1) is 10.0. The summed E-state index contributed by atoms with van der Waals surface area (Å²) in [5, 5.41) is 2.14. The summed E-state index contributed by atoms with van der Waals surface area (Å²) in [6.45, 7) is 1.80. The van der Waals surface area contributed by atoms with Crippen LogP contribution in [-0.2, 0) is 0 Å². The number of halogens is 1. The van der Waals surface area contributed by atoms with Crippen molar-refractivity contribution < 1.29 is 4.39 Å². The number of hydrogen-bond acceptors (Lipinski definition) is 4. The number of pyridine rings is 1. The van der Waals surface area contributed by atoms with Gasteiger partial charge < -0.3 is 10.3 Å². The SMILES string of the molecule is Cc1cc(=O)c(-c2csc(N)n2)cn1-c1cccc(F)c1. The van der Waals surface area contributed by atoms with Gasteiger partial charge in [0, 0.05) is 29.0 Å². The maximum Gasteiger partial charge on any atom is 0.191 e. The Morgan fingerprint density at radius 3 is 2.81 bits per heavy atom. The van der Waals surface area contributed by atoms with E-state index in [1.165, 1.54) is 29.5 Å². The van der Waals surface area contributed by atoms with Gasteiger partial charge in [-0.1, -0.05) is 6.07 Å². The van der Waals surface area contributed by atoms with Crippen molar-refractivity contribution >= 4 is 16.5 Å². The van der Waals surface area contributed by atoms with E-state index in [9.17, 15) is 9.18 Å². The Kier molecular flexibility index (Phi) is 3.31. The van der Waals surface area contributed by atoms with Crippen LogP contribution in [-0.4, -0.2) is 9.55 Å². The average Bonchev–Trinajstić information content (AvgIpc) is 2.85. The number of thiazole rings is 1. The Hall–Kier alpha value is -2.47. The molecule has 0 radical (unpaired) electrons. The van der Waals surface area contributed by atoms with Gasteiger partial charge in [0.05, 0.1) is 11.3 Å². The summed E-state index contributed by atoms with van der Waals surface area (Å²) in [4.78, 5) is 16.3. The van der Waals surface area contributed by atoms with Gasteiger partial charge in [-0.2, -0.15) is 0 Å². The van der Waals surface area contributed by atoms with Crippen molar-refractivity contribution in [1.29, 1.82) is 0 Å². The second-order valence-corrected chi connectivity index (χ2v) is 5.50. The van der Waals surface area contributed by atoms with E-state index in [1.54, 1.807) is 35.2 Å². The van der Waals surface area contributed by atoms with Crippen LogP contribution in [0.4, 0.5) is 9.52 Å². The van der Waals surface area contributed by atoms with E-state index in [1.807, 2.05) is 0 Å². The molecule has 0 aliphatic rings. The standard InChI is InChI=1S/C15H12FN3OS/c1-9-5-14(20)12(13-8-21-15(17)18-13)7-19(9)11-4-2-3-10(16)6-11/h2-8H,1H3,(H2,17,18). The minimum Gasteiger partial charge on any atom is -0.375 e. The zero-order valence-electron chi connectivity index (χ0n) is 11.2. The highest BCUT2D eigenvalue weighted by Crippen LogP contribution is 2.22. The van der Waals surface area contributed by atoms with Crippen LogP contribution < -0.4 is 11.2 Å². The molecule has 1 aromatic carbocycles. The van der Waals surface area contributed by atoms with Crippen LogP contribution in [0, 0.1) is 12.7 Å². The number of nitrogens with zero attached hydrogens (tertiary/aromatic N) is 2. The largest absolute Gasteiger partial charge is 0.375 e. The molecule has 0 bridgehead atoms. The van der Waals surface area contributed by atoms with Crippen molar-refractivity contribution in [3.8, 4) is 16.9 Å². The summed E-state index contributed by atoms with van der Waals surface area (Å²) in [7, 11) is 0. The van der Waals surface area contributed by atoms with Crippen LogP contribution in [0.1, 0.15) is 5.69 Å². The zero-order chi connectivity index (χ0) is 15.0. The summed E-state index contributed by atoms with van der Waals surface area (Å²) in [6.07, 6.45) is 1.67. The number of benzene rings is 1. The lowest BCUT2D eigenvalue weighted by Crippen LogP contribution is -2.11. The molecule has 0 spiro atoms. The van der Waals surface area contributed by atoms with Gasteiger partial charge in [0.15, 0.2) is 10.6 Å². The third-order valence-corrected chi connectivity index (χ3v) is 3.80. The lowest BCUT2D eigenvalue weighted by molar-refractivity contribution is 0.626. The number of anilines is 1. The molecule has 0 unspecified atom stereocenters. The minimum absolute atomic E-state index is 0.134. The normalized spacial score (nSPS) is 10.8. The number of hydrogen-bond donors (Lipinski definition) is 1. The molecule has 0 atom stereocenters. The van der Waals surface area contributed by atoms with Gasteiger partial charge in [0.25, 0.3) is 0 Å². The number of rotatable bonds is 2. The molecule has 21 heavy (non-hydrogen) atoms. The van der Waals surface area contributed by atoms with Crippen molar-refractivity contribution in [3.05, 3.63) is 63.6 Å². The lowest BCUT2D eigenvalue weighted by Gasteiger charge is -2.12. The second-order valence-electron chi connectivity index (χ2n) is 4.61. The Morgan fingerprint density at radius 2 is 2.14 bits per heavy atom. The van der Waals surface area contributed by atoms with Crippen LogP contribution in [0.25, 0.3) is 16.9 Å². The highest BCUT2D eigenvalue weighted by Gasteiger charge is 2.10. The molecule has 4 nitrogen and oxygen atoms in total. The van der Waals surface area contributed by atoms with Gasteiger partial charge in [-0.3, -0.25) is 4.79 Å². The van der Waals surface area contributed by atoms with Crippen LogP contribution in [0.3, 0.4) is 0 Å². The summed E-state index contributed by atoms with van der Waals surface area (Å²) in [6, 6.07) is 7.71. The molecule has 0 amide bonds. The smallest absolute Gasteiger partial charge is 0.191 e. The molecule has 6 heteroatoms. The third-order valence-electron chi connectivity index (χ3n) is 3.13. The Balaban J connectivity index is 2.21. The molecule has 106 valence electrons. The van der Waals surface area contributed by atoms with E-state index in [-0.39, 0.29) is 11.2 Å². The van der Waals surface area contributed by atoms with Crippen molar-refractivity contribution in [1.82, 2.24) is 9.55 Å². The quantitative estimate of drug-likeness (QED) is 0.791. The van der Waals surface area contributed by atoms with Crippen molar-refractivity contribution in [3.63, 3.8) is 0 Å². The van der Waals surface area contributed by atoms with Crippen molar-refractivity contribution in [2.24, 2.45) is 0 Å². The molecule has 2 N–H and O–H groups in total. The summed E-state index contributed by atoms with van der Waals surface area (Å²) >= 11 is 1.27. The van der Waals surface area contributed by atoms with E-state index in [2.05, 4.69) is 4.98 Å². The molecule has 0 fully saturated rings. The van der Waals surface area contributed by atoms with Crippen molar-refractivity contribution in [2.75, 3.05) is 5.73 Å². The summed E-state index contributed by atoms with van der Waals surface area (Å²) in [5.41, 5.74) is 7.83. The first-order valence-corrected chi connectivity index (χ1v) is 7.13. The fraction of sp³-hybridized carbons (Fsp3) is 0.0667. The highest BCUT2D eigenvalue weighted by molar-refractivity contribution is 7.13. The van der Waals surface area contributed by atoms with Gasteiger partial charge in [-0.15, -0.1) is 11.3 Å². The van der Waals surface area contributed by atoms with Gasteiger partial charge in [0.2, 0.25) is 0 Å². The number of aryl methyl sites for hydroxylation is 1. The Labute approximate surface area is 124 Å². The molecule has 0 aliphatic carbocycles. The Bertz CT molecular complexity index is 869. The Morgan fingerprint density at radius 1 is 1.33 bits per heavy atom. The topological polar surface area (TPSA) is 60.9 Å². The molecular formula is C15H12FN3OS. The van der Waals surface area contributed by atoms with Crippen LogP contribution >= 0.6 is 11.3 Å². The van der Waals surface area contributed by atoms with E-state index >= 15 is 0 Å². The highest BCUT2D eigenvalue weighted by atomic mass is 32.1. The molecule has 2 aromatic heterocycles. The third kappa shape index (κ3) is 2.57. The van der Waals surface area contributed by atoms with Gasteiger partial charge in [-0.25, -0.2) is 9.37 Å². The zero-order valence-corrected chi connectivity index (χ0v) is 12.0. The predicted octanol–water partition coefficient (Wildman–Crippen LogP) is 2.99. The molecular weight excluding hydrogens is 289 g/mol. The molecule has 3 rings (SSSR count). The van der Waals surface area contributed by atoms with Crippen LogP contribution in [0.2, 0.25) is 0 Å². The fourth-order valence-electron chi connectivity index (χ4n) is 2.14. The van der Waals surface area contributed by atoms with E-state index in [4.69, 9.17) is 5.73 Å². The first kappa shape index (κ1) is 13.5. The number of aromatic nitrogens is 2. The maximum atomic E-state index is 13.4. The average molecular weight is 301 g/mol. The molecule has 0 saturated heterocycles. The van der Waals surface area contributed by atoms with Gasteiger partial charge >= 0.3 is 0 Å². The minimum atomic E-state index is -0.329. The molecule has 0 aliphatic heterocycles. The molecule has 2 heterocycles. The fourth-order valence-corrected chi connectivity index (χ4v) is 2.70. The van der Waals surface area contributed by atoms with E-state index in [0.29, 0.717) is 22.1 Å². The van der Waals surface area contributed by atoms with Gasteiger partial charge in [-0.05, 0) is 25.1 Å². The molecule has 0 saturated carbocycles. The monoisotopic (exact) mass is 301 g/mol. The van der Waals surface area contributed by atoms with E-state index < -0.39 is 0 Å². The van der Waals surface area contributed by atoms with Crippen LogP contribution in [0.15, 0.2) is 46.7 Å². The van der Waals surface area contributed by atoms with E-state index in [0.717, 1.165) is 5.69 Å². The number of nitrogens with two attached hydrogens (primary N) is 1. The van der Waals surface area contributed by atoms with Gasteiger partial charge in [0.1, 0.15) is 5.82 Å². The van der Waals surface area contributed by atoms with Crippen LogP contribution in [0.5, 0.6) is 0 Å². The summed E-state index contributed by atoms with van der Waals surface area (Å²) < 4.78 is 15.1. The second kappa shape index (κ2) is 5.14. The maximum absolute atomic E-state index is 13.4. The predicted molar refractivity (Wildman–Crippen MR) is 82.3 cm³/mol. The summed E-state index contributed by atoms with van der Waals surface area (Å²) in [5.74, 6) is -0.329. The van der Waals surface area contributed by atoms with Crippen molar-refractivity contribution in [2.45, 2.75) is 6.92 Å². The molecule has 3 aromatic rings. The first-order valence-electron chi connectivity index (χ1n) is 6.25.